The fourth-order valence-corrected chi connectivity index (χ4v) is 6.48. The number of thiophene rings is 1. The first-order valence-electron chi connectivity index (χ1n) is 12.6. The quantitative estimate of drug-likeness (QED) is 0.571. The lowest BCUT2D eigenvalue weighted by Crippen LogP contribution is -2.49. The highest BCUT2D eigenvalue weighted by Gasteiger charge is 2.26. The van der Waals surface area contributed by atoms with Crippen molar-refractivity contribution in [2.24, 2.45) is 0 Å². The number of rotatable bonds is 5. The average molecular weight is 506 g/mol. The zero-order valence-corrected chi connectivity index (χ0v) is 21.4. The highest BCUT2D eigenvalue weighted by molar-refractivity contribution is 7.19. The molecule has 6 rings (SSSR count). The molecule has 0 saturated carbocycles. The summed E-state index contributed by atoms with van der Waals surface area (Å²) in [5.41, 5.74) is 7.09. The van der Waals surface area contributed by atoms with E-state index >= 15 is 0 Å². The number of ether oxygens (including phenoxy) is 1. The highest BCUT2D eigenvalue weighted by atomic mass is 32.1. The van der Waals surface area contributed by atoms with Crippen LogP contribution in [-0.2, 0) is 22.5 Å². The lowest BCUT2D eigenvalue weighted by molar-refractivity contribution is -0.135. The van der Waals surface area contributed by atoms with Crippen LogP contribution in [0, 0.1) is 6.92 Å². The molecule has 2 aliphatic heterocycles. The number of fused-ring (bicyclic) bond motifs is 2. The van der Waals surface area contributed by atoms with Crippen LogP contribution in [0.3, 0.4) is 0 Å². The molecule has 1 amide bonds. The third-order valence-corrected chi connectivity index (χ3v) is 8.57. The first-order valence-corrected chi connectivity index (χ1v) is 13.5. The van der Waals surface area contributed by atoms with E-state index < -0.39 is 6.61 Å². The second-order valence-electron chi connectivity index (χ2n) is 9.59. The largest absolute Gasteiger partial charge is 0.387 e. The number of benzene rings is 1. The normalized spacial score (nSPS) is 18.3. The summed E-state index contributed by atoms with van der Waals surface area (Å²) in [7, 11) is 0. The predicted octanol–water partition coefficient (Wildman–Crippen LogP) is 2.71. The molecule has 1 aromatic carbocycles. The molecule has 2 aromatic heterocycles. The Morgan fingerprint density at radius 3 is 2.69 bits per heavy atom. The maximum absolute atomic E-state index is 11.9. The third kappa shape index (κ3) is 4.30. The lowest BCUT2D eigenvalue weighted by atomic mass is 10.00. The van der Waals surface area contributed by atoms with Crippen LogP contribution in [0.1, 0.15) is 21.6 Å². The van der Waals surface area contributed by atoms with E-state index in [9.17, 15) is 9.90 Å². The van der Waals surface area contributed by atoms with Crippen LogP contribution in [0.25, 0.3) is 27.6 Å². The Morgan fingerprint density at radius 1 is 1.11 bits per heavy atom. The Morgan fingerprint density at radius 2 is 1.92 bits per heavy atom. The molecule has 0 unspecified atom stereocenters. The van der Waals surface area contributed by atoms with Crippen molar-refractivity contribution < 1.29 is 14.6 Å². The molecule has 0 radical (unpaired) electrons. The molecule has 1 aliphatic carbocycles. The van der Waals surface area contributed by atoms with Gasteiger partial charge in [-0.15, -0.1) is 11.3 Å². The summed E-state index contributed by atoms with van der Waals surface area (Å²) in [5, 5.41) is 9.19. The summed E-state index contributed by atoms with van der Waals surface area (Å²) in [5.74, 6) is 0.585. The average Bonchev–Trinajstić information content (AvgIpc) is 3.53. The summed E-state index contributed by atoms with van der Waals surface area (Å²) in [6.45, 7) is 8.36. The number of piperazine rings is 1. The van der Waals surface area contributed by atoms with Crippen LogP contribution < -0.4 is 4.90 Å². The Kier molecular flexibility index (Phi) is 6.47. The van der Waals surface area contributed by atoms with Crippen LogP contribution in [0.5, 0.6) is 0 Å². The number of aliphatic hydroxyl groups is 1. The molecule has 2 saturated heterocycles. The van der Waals surface area contributed by atoms with Crippen LogP contribution in [0.2, 0.25) is 0 Å². The van der Waals surface area contributed by atoms with Gasteiger partial charge in [0.05, 0.1) is 29.1 Å². The van der Waals surface area contributed by atoms with E-state index in [1.165, 1.54) is 27.1 Å². The Bertz CT molecular complexity index is 1320. The monoisotopic (exact) mass is 505 g/mol. The van der Waals surface area contributed by atoms with E-state index in [0.29, 0.717) is 26.3 Å². The van der Waals surface area contributed by atoms with Gasteiger partial charge in [-0.25, -0.2) is 9.97 Å². The minimum absolute atomic E-state index is 0.191. The minimum Gasteiger partial charge on any atom is -0.387 e. The van der Waals surface area contributed by atoms with E-state index in [-0.39, 0.29) is 5.91 Å². The third-order valence-electron chi connectivity index (χ3n) is 7.43. The van der Waals surface area contributed by atoms with Crippen molar-refractivity contribution >= 4 is 39.5 Å². The number of hydrogen-bond acceptors (Lipinski definition) is 8. The zero-order valence-electron chi connectivity index (χ0n) is 20.6. The van der Waals surface area contributed by atoms with Crippen molar-refractivity contribution in [2.45, 2.75) is 19.9 Å². The van der Waals surface area contributed by atoms with E-state index in [2.05, 4.69) is 47.1 Å². The van der Waals surface area contributed by atoms with Crippen molar-refractivity contribution in [3.63, 3.8) is 0 Å². The number of carbonyl (C=O) groups excluding carboxylic acids is 1. The van der Waals surface area contributed by atoms with Crippen molar-refractivity contribution in [3.05, 3.63) is 45.8 Å². The molecule has 1 N–H and O–H groups in total. The van der Waals surface area contributed by atoms with Gasteiger partial charge in [0.1, 0.15) is 6.61 Å². The second kappa shape index (κ2) is 9.89. The van der Waals surface area contributed by atoms with Gasteiger partial charge in [-0.05, 0) is 24.5 Å². The molecular weight excluding hydrogens is 474 g/mol. The summed E-state index contributed by atoms with van der Waals surface area (Å²) in [6, 6.07) is 6.52. The van der Waals surface area contributed by atoms with Gasteiger partial charge in [-0.2, -0.15) is 0 Å². The lowest BCUT2D eigenvalue weighted by Gasteiger charge is -2.34. The molecule has 3 aliphatic rings. The maximum Gasteiger partial charge on any atom is 0.248 e. The Hall–Kier alpha value is -2.85. The molecule has 36 heavy (non-hydrogen) atoms. The number of anilines is 1. The van der Waals surface area contributed by atoms with Gasteiger partial charge in [0.2, 0.25) is 11.9 Å². The number of aromatic nitrogens is 2. The van der Waals surface area contributed by atoms with Crippen molar-refractivity contribution in [1.82, 2.24) is 19.8 Å². The summed E-state index contributed by atoms with van der Waals surface area (Å²) >= 11 is 1.78. The van der Waals surface area contributed by atoms with Crippen LogP contribution in [-0.4, -0.2) is 89.9 Å². The summed E-state index contributed by atoms with van der Waals surface area (Å²) < 4.78 is 6.73. The fourth-order valence-electron chi connectivity index (χ4n) is 5.37. The molecule has 9 heteroatoms. The summed E-state index contributed by atoms with van der Waals surface area (Å²) in [4.78, 5) is 29.8. The molecule has 0 bridgehead atoms. The van der Waals surface area contributed by atoms with Gasteiger partial charge < -0.3 is 19.6 Å². The van der Waals surface area contributed by atoms with Gasteiger partial charge >= 0.3 is 0 Å². The molecule has 4 heterocycles. The van der Waals surface area contributed by atoms with Crippen LogP contribution in [0.15, 0.2) is 24.3 Å². The zero-order chi connectivity index (χ0) is 24.6. The van der Waals surface area contributed by atoms with E-state index in [0.717, 1.165) is 61.0 Å². The number of carbonyl (C=O) groups is 1. The van der Waals surface area contributed by atoms with Gasteiger partial charge in [0.15, 0.2) is 0 Å². The van der Waals surface area contributed by atoms with Gasteiger partial charge in [0, 0.05) is 61.8 Å². The number of allylic oxidation sites excluding steroid dienone is 1. The highest BCUT2D eigenvalue weighted by Crippen LogP contribution is 2.40. The Labute approximate surface area is 214 Å². The number of morpholine rings is 1. The van der Waals surface area contributed by atoms with E-state index in [1.54, 1.807) is 16.2 Å². The van der Waals surface area contributed by atoms with Crippen LogP contribution in [0.4, 0.5) is 5.95 Å². The molecule has 0 spiro atoms. The maximum atomic E-state index is 11.9. The van der Waals surface area contributed by atoms with Gasteiger partial charge in [-0.3, -0.25) is 9.69 Å². The predicted molar refractivity (Wildman–Crippen MR) is 142 cm³/mol. The molecule has 0 atom stereocenters. The van der Waals surface area contributed by atoms with Crippen molar-refractivity contribution in [2.75, 3.05) is 64.0 Å². The Balaban J connectivity index is 1.41. The number of amides is 1. The first kappa shape index (κ1) is 23.5. The van der Waals surface area contributed by atoms with Crippen LogP contribution >= 0.6 is 11.3 Å². The second-order valence-corrected chi connectivity index (χ2v) is 10.8. The fraction of sp³-hybridized carbons (Fsp3) is 0.444. The van der Waals surface area contributed by atoms with E-state index in [4.69, 9.17) is 14.7 Å². The molecule has 3 aromatic rings. The van der Waals surface area contributed by atoms with Crippen molar-refractivity contribution in [3.8, 4) is 11.3 Å². The molecular formula is C27H31N5O3S. The smallest absolute Gasteiger partial charge is 0.248 e. The SMILES string of the molecule is Cc1sc2c(-c3cccc4c3C=CC4)nc(N3CCOCC3)nc2c1CN1CCN(C(=O)CO)CC1. The molecule has 2 fully saturated rings. The first-order chi connectivity index (χ1) is 17.6. The topological polar surface area (TPSA) is 82.0 Å². The minimum atomic E-state index is -0.420. The van der Waals surface area contributed by atoms with Gasteiger partial charge in [0.25, 0.3) is 0 Å². The number of aliphatic hydroxyl groups excluding tert-OH is 1. The van der Waals surface area contributed by atoms with Gasteiger partial charge in [-0.1, -0.05) is 30.4 Å². The molecule has 188 valence electrons. The number of aryl methyl sites for hydroxylation is 1. The van der Waals surface area contributed by atoms with Crippen molar-refractivity contribution in [1.29, 1.82) is 0 Å². The standard InChI is InChI=1S/C27H31N5O3S/c1-18-22(16-30-8-10-31(11-9-30)23(34)17-33)25-26(36-18)24(21-7-3-5-19-4-2-6-20(19)21)28-27(29-25)32-12-14-35-15-13-32/h2-3,5-7,33H,4,8-17H2,1H3. The molecule has 8 nitrogen and oxygen atoms in total. The number of nitrogens with zero attached hydrogens (tertiary/aromatic N) is 5. The number of hydrogen-bond donors (Lipinski definition) is 1. The van der Waals surface area contributed by atoms with E-state index in [1.807, 2.05) is 0 Å². The summed E-state index contributed by atoms with van der Waals surface area (Å²) in [6.07, 6.45) is 5.41.